The fraction of sp³-hybridized carbons (Fsp3) is 0.483. The Balaban J connectivity index is 0.00000781. The lowest BCUT2D eigenvalue weighted by atomic mass is 10.00. The first-order valence-electron chi connectivity index (χ1n) is 13.4. The normalized spacial score (nSPS) is 12.3. The molecule has 1 aromatic rings. The molecular formula is C29H43BrN2O8S. The molecule has 0 aliphatic heterocycles. The van der Waals surface area contributed by atoms with Crippen molar-refractivity contribution in [3.8, 4) is 11.5 Å². The Morgan fingerprint density at radius 3 is 2.39 bits per heavy atom. The van der Waals surface area contributed by atoms with Gasteiger partial charge >= 0.3 is 5.97 Å². The highest BCUT2D eigenvalue weighted by Gasteiger charge is 2.18. The molecule has 0 heterocycles. The van der Waals surface area contributed by atoms with Crippen LogP contribution >= 0.6 is 15.9 Å². The van der Waals surface area contributed by atoms with Crippen LogP contribution in [0.15, 0.2) is 53.1 Å². The molecule has 1 atom stereocenters. The third-order valence-electron chi connectivity index (χ3n) is 5.50. The Morgan fingerprint density at radius 2 is 1.80 bits per heavy atom. The number of benzene rings is 1. The summed E-state index contributed by atoms with van der Waals surface area (Å²) in [5.41, 5.74) is 0.899. The number of phenolic OH excluding ortho intramolecular Hbond substituents is 1. The summed E-state index contributed by atoms with van der Waals surface area (Å²) in [6.07, 6.45) is 8.85. The van der Waals surface area contributed by atoms with Crippen LogP contribution in [0.25, 0.3) is 0 Å². The summed E-state index contributed by atoms with van der Waals surface area (Å²) in [6, 6.07) is 4.53. The summed E-state index contributed by atoms with van der Waals surface area (Å²) in [7, 11) is -2.37. The number of carbonyl (C=O) groups excluding carboxylic acids is 3. The standard InChI is InChI=1S/C27H37BrN2O8S.C2H6/c1-5-19(18-21(28)20(6-2)13-15-25(33)30-39(4,35)36)12-14-24(32)29-16-7-8-17-38-23-11-9-10-22(31)26(23)27(34)37-3;1-2/h5-6,9-11,18,20,31H,2,7-8,12-17H2,1,3-4H3,(H,29,32)(H,30,33);1-2H3/b19-5-,21-18+;. The van der Waals surface area contributed by atoms with E-state index in [1.165, 1.54) is 13.2 Å². The van der Waals surface area contributed by atoms with Crippen molar-refractivity contribution in [2.24, 2.45) is 5.92 Å². The van der Waals surface area contributed by atoms with E-state index < -0.39 is 21.9 Å². The van der Waals surface area contributed by atoms with Gasteiger partial charge in [0.25, 0.3) is 0 Å². The second kappa shape index (κ2) is 20.7. The fourth-order valence-electron chi connectivity index (χ4n) is 3.43. The molecule has 0 radical (unpaired) electrons. The minimum atomic E-state index is -3.60. The molecule has 1 unspecified atom stereocenters. The average Bonchev–Trinajstić information content (AvgIpc) is 2.92. The summed E-state index contributed by atoms with van der Waals surface area (Å²) >= 11 is 3.51. The molecule has 230 valence electrons. The first-order valence-corrected chi connectivity index (χ1v) is 16.1. The number of esters is 1. The topological polar surface area (TPSA) is 148 Å². The number of rotatable bonds is 17. The predicted molar refractivity (Wildman–Crippen MR) is 164 cm³/mol. The number of methoxy groups -OCH3 is 1. The zero-order valence-corrected chi connectivity index (χ0v) is 26.9. The van der Waals surface area contributed by atoms with Crippen molar-refractivity contribution in [2.45, 2.75) is 59.3 Å². The smallest absolute Gasteiger partial charge is 0.345 e. The van der Waals surface area contributed by atoms with E-state index in [2.05, 4.69) is 32.6 Å². The Labute approximate surface area is 252 Å². The summed E-state index contributed by atoms with van der Waals surface area (Å²) in [4.78, 5) is 35.9. The van der Waals surface area contributed by atoms with Crippen LogP contribution in [0.5, 0.6) is 11.5 Å². The molecule has 0 fully saturated rings. The van der Waals surface area contributed by atoms with Gasteiger partial charge in [-0.1, -0.05) is 53.6 Å². The average molecular weight is 660 g/mol. The van der Waals surface area contributed by atoms with Crippen molar-refractivity contribution in [1.82, 2.24) is 10.0 Å². The minimum absolute atomic E-state index is 0.0194. The van der Waals surface area contributed by atoms with Gasteiger partial charge in [-0.05, 0) is 50.8 Å². The number of nitrogens with one attached hydrogen (secondary N) is 2. The van der Waals surface area contributed by atoms with Crippen molar-refractivity contribution in [1.29, 1.82) is 0 Å². The maximum atomic E-state index is 12.3. The first-order chi connectivity index (χ1) is 19.4. The van der Waals surface area contributed by atoms with Gasteiger partial charge in [-0.3, -0.25) is 14.3 Å². The zero-order valence-electron chi connectivity index (χ0n) is 24.5. The number of hydrogen-bond acceptors (Lipinski definition) is 8. The number of unbranched alkanes of at least 4 members (excludes halogenated alkanes) is 1. The Hall–Kier alpha value is -3.12. The van der Waals surface area contributed by atoms with Crippen LogP contribution in [0.3, 0.4) is 0 Å². The van der Waals surface area contributed by atoms with E-state index in [1.54, 1.807) is 18.2 Å². The fourth-order valence-corrected chi connectivity index (χ4v) is 4.65. The van der Waals surface area contributed by atoms with Crippen LogP contribution in [0.4, 0.5) is 0 Å². The Bertz CT molecular complexity index is 1180. The third kappa shape index (κ3) is 16.0. The number of carbonyl (C=O) groups is 3. The number of phenols is 1. The largest absolute Gasteiger partial charge is 0.507 e. The third-order valence-corrected chi connectivity index (χ3v) is 6.92. The second-order valence-corrected chi connectivity index (χ2v) is 11.3. The number of sulfonamides is 1. The first kappa shape index (κ1) is 37.9. The van der Waals surface area contributed by atoms with E-state index >= 15 is 0 Å². The lowest BCUT2D eigenvalue weighted by molar-refractivity contribution is -0.121. The van der Waals surface area contributed by atoms with Crippen LogP contribution < -0.4 is 14.8 Å². The molecule has 0 saturated heterocycles. The molecule has 3 N–H and O–H groups in total. The molecule has 1 rings (SSSR count). The van der Waals surface area contributed by atoms with Crippen molar-refractivity contribution in [3.63, 3.8) is 0 Å². The number of ether oxygens (including phenoxy) is 2. The van der Waals surface area contributed by atoms with E-state index in [0.717, 1.165) is 16.3 Å². The number of hydrogen-bond donors (Lipinski definition) is 3. The van der Waals surface area contributed by atoms with Crippen LogP contribution in [0, 0.1) is 5.92 Å². The van der Waals surface area contributed by atoms with E-state index in [-0.39, 0.29) is 41.7 Å². The molecule has 0 spiro atoms. The van der Waals surface area contributed by atoms with Crippen LogP contribution in [0.1, 0.15) is 69.7 Å². The quantitative estimate of drug-likeness (QED) is 0.0901. The van der Waals surface area contributed by atoms with Gasteiger partial charge in [0.1, 0.15) is 17.1 Å². The van der Waals surface area contributed by atoms with E-state index in [1.807, 2.05) is 37.6 Å². The van der Waals surface area contributed by atoms with Crippen molar-refractivity contribution >= 4 is 43.7 Å². The molecule has 41 heavy (non-hydrogen) atoms. The maximum Gasteiger partial charge on any atom is 0.345 e. The lowest BCUT2D eigenvalue weighted by Gasteiger charge is -2.13. The Kier molecular flexibility index (Phi) is 19.1. The summed E-state index contributed by atoms with van der Waals surface area (Å²) in [5, 5.41) is 12.8. The molecule has 2 amide bonds. The minimum Gasteiger partial charge on any atom is -0.507 e. The lowest BCUT2D eigenvalue weighted by Crippen LogP contribution is -2.29. The van der Waals surface area contributed by atoms with Gasteiger partial charge in [0.15, 0.2) is 0 Å². The highest BCUT2D eigenvalue weighted by Crippen LogP contribution is 2.28. The van der Waals surface area contributed by atoms with Gasteiger partial charge in [0, 0.05) is 29.8 Å². The van der Waals surface area contributed by atoms with Crippen molar-refractivity contribution in [3.05, 3.63) is 58.6 Å². The van der Waals surface area contributed by atoms with E-state index in [4.69, 9.17) is 4.74 Å². The van der Waals surface area contributed by atoms with Gasteiger partial charge < -0.3 is 19.9 Å². The van der Waals surface area contributed by atoms with Gasteiger partial charge in [0.05, 0.1) is 20.0 Å². The SMILES string of the molecule is C=CC(CCC(=O)NS(C)(=O)=O)/C(Br)=C\C(=C/C)CCC(=O)NCCCCOc1cccc(O)c1C(=O)OC.CC. The molecule has 0 bridgehead atoms. The molecule has 12 heteroatoms. The molecule has 0 aliphatic rings. The molecule has 0 aliphatic carbocycles. The van der Waals surface area contributed by atoms with Crippen LogP contribution in [0.2, 0.25) is 0 Å². The summed E-state index contributed by atoms with van der Waals surface area (Å²) < 4.78 is 35.4. The molecule has 1 aromatic carbocycles. The van der Waals surface area contributed by atoms with Crippen molar-refractivity contribution in [2.75, 3.05) is 26.5 Å². The summed E-state index contributed by atoms with van der Waals surface area (Å²) in [5.74, 6) is -1.53. The van der Waals surface area contributed by atoms with Gasteiger partial charge in [-0.2, -0.15) is 0 Å². The maximum absolute atomic E-state index is 12.3. The number of allylic oxidation sites excluding steroid dienone is 5. The second-order valence-electron chi connectivity index (χ2n) is 8.62. The van der Waals surface area contributed by atoms with Gasteiger partial charge in [-0.25, -0.2) is 13.2 Å². The number of amides is 2. The monoisotopic (exact) mass is 658 g/mol. The predicted octanol–water partition coefficient (Wildman–Crippen LogP) is 5.14. The molecular weight excluding hydrogens is 616 g/mol. The van der Waals surface area contributed by atoms with Crippen molar-refractivity contribution < 1.29 is 37.4 Å². The van der Waals surface area contributed by atoms with Gasteiger partial charge in [-0.15, -0.1) is 6.58 Å². The molecule has 0 aromatic heterocycles. The summed E-state index contributed by atoms with van der Waals surface area (Å²) in [6.45, 7) is 10.4. The highest BCUT2D eigenvalue weighted by molar-refractivity contribution is 9.11. The van der Waals surface area contributed by atoms with Gasteiger partial charge in [0.2, 0.25) is 21.8 Å². The van der Waals surface area contributed by atoms with Crippen LogP contribution in [-0.2, 0) is 24.3 Å². The zero-order chi connectivity index (χ0) is 31.4. The van der Waals surface area contributed by atoms with E-state index in [0.29, 0.717) is 38.8 Å². The van der Waals surface area contributed by atoms with Crippen LogP contribution in [-0.4, -0.2) is 57.8 Å². The number of halogens is 1. The Morgan fingerprint density at radius 1 is 1.12 bits per heavy atom. The molecule has 0 saturated carbocycles. The van der Waals surface area contributed by atoms with E-state index in [9.17, 15) is 27.9 Å². The number of aromatic hydroxyl groups is 1. The highest BCUT2D eigenvalue weighted by atomic mass is 79.9. The molecule has 10 nitrogen and oxygen atoms in total.